The summed E-state index contributed by atoms with van der Waals surface area (Å²) in [5.41, 5.74) is 3.00. The van der Waals surface area contributed by atoms with Gasteiger partial charge in [-0.25, -0.2) is 0 Å². The van der Waals surface area contributed by atoms with Crippen molar-refractivity contribution in [2.24, 2.45) is 7.05 Å². The van der Waals surface area contributed by atoms with Crippen LogP contribution in [0.3, 0.4) is 0 Å². The average molecular weight is 290 g/mol. The summed E-state index contributed by atoms with van der Waals surface area (Å²) in [5.74, 6) is 0. The van der Waals surface area contributed by atoms with Crippen LogP contribution in [0.4, 0.5) is 5.69 Å². The molecule has 0 spiro atoms. The first kappa shape index (κ1) is 12.7. The van der Waals surface area contributed by atoms with Gasteiger partial charge in [-0.1, -0.05) is 23.2 Å². The maximum Gasteiger partial charge on any atom is 0.0996 e. The normalized spacial score (nSPS) is 12.8. The van der Waals surface area contributed by atoms with Crippen LogP contribution in [0.2, 0.25) is 8.67 Å². The molecule has 92 valence electrons. The zero-order chi connectivity index (χ0) is 12.6. The van der Waals surface area contributed by atoms with Crippen molar-refractivity contribution < 1.29 is 0 Å². The Labute approximate surface area is 114 Å². The number of nitrogens with one attached hydrogen (secondary N) is 1. The van der Waals surface area contributed by atoms with Crippen LogP contribution >= 0.6 is 34.5 Å². The molecule has 0 aliphatic carbocycles. The van der Waals surface area contributed by atoms with E-state index in [-0.39, 0.29) is 6.04 Å². The van der Waals surface area contributed by atoms with Crippen molar-refractivity contribution in [2.75, 3.05) is 5.32 Å². The predicted octanol–water partition coefficient (Wildman–Crippen LogP) is 4.27. The maximum atomic E-state index is 6.12. The van der Waals surface area contributed by atoms with E-state index in [1.54, 1.807) is 4.68 Å². The molecule has 2 heterocycles. The Balaban J connectivity index is 2.19. The van der Waals surface area contributed by atoms with Crippen molar-refractivity contribution in [1.82, 2.24) is 9.78 Å². The minimum absolute atomic E-state index is 0.106. The lowest BCUT2D eigenvalue weighted by molar-refractivity contribution is 0.756. The third-order valence-electron chi connectivity index (χ3n) is 2.54. The van der Waals surface area contributed by atoms with Gasteiger partial charge in [0.2, 0.25) is 0 Å². The highest BCUT2D eigenvalue weighted by Gasteiger charge is 2.14. The van der Waals surface area contributed by atoms with Gasteiger partial charge in [-0.2, -0.15) is 5.10 Å². The van der Waals surface area contributed by atoms with Gasteiger partial charge in [0.1, 0.15) is 0 Å². The molecule has 0 amide bonds. The van der Waals surface area contributed by atoms with Crippen LogP contribution in [0.1, 0.15) is 24.2 Å². The fourth-order valence-electron chi connectivity index (χ4n) is 1.70. The van der Waals surface area contributed by atoms with Gasteiger partial charge in [-0.05, 0) is 19.9 Å². The Bertz CT molecular complexity index is 533. The van der Waals surface area contributed by atoms with Crippen molar-refractivity contribution in [3.63, 3.8) is 0 Å². The average Bonchev–Trinajstić information content (AvgIpc) is 2.70. The Kier molecular flexibility index (Phi) is 3.66. The molecule has 17 heavy (non-hydrogen) atoms. The van der Waals surface area contributed by atoms with Gasteiger partial charge in [0.25, 0.3) is 0 Å². The number of aryl methyl sites for hydroxylation is 2. The summed E-state index contributed by atoms with van der Waals surface area (Å²) in [5, 5.41) is 7.66. The van der Waals surface area contributed by atoms with Crippen LogP contribution in [-0.4, -0.2) is 9.78 Å². The number of nitrogens with zero attached hydrogens (tertiary/aromatic N) is 2. The standard InChI is InChI=1S/C11H13Cl2N3S/c1-6(8-4-10(12)17-11(8)13)14-9-5-16(3)15-7(9)2/h4-6,14H,1-3H3. The molecule has 2 rings (SSSR count). The first-order valence-corrected chi connectivity index (χ1v) is 6.76. The Hall–Kier alpha value is -0.710. The third-order valence-corrected chi connectivity index (χ3v) is 4.05. The maximum absolute atomic E-state index is 6.12. The molecule has 2 aromatic rings. The first-order chi connectivity index (χ1) is 7.97. The van der Waals surface area contributed by atoms with Crippen molar-refractivity contribution in [2.45, 2.75) is 19.9 Å². The van der Waals surface area contributed by atoms with Gasteiger partial charge in [0.15, 0.2) is 0 Å². The number of hydrogen-bond donors (Lipinski definition) is 1. The van der Waals surface area contributed by atoms with E-state index >= 15 is 0 Å². The molecule has 6 heteroatoms. The molecule has 0 saturated heterocycles. The van der Waals surface area contributed by atoms with Crippen LogP contribution < -0.4 is 5.32 Å². The van der Waals surface area contributed by atoms with Crippen LogP contribution in [0.5, 0.6) is 0 Å². The van der Waals surface area contributed by atoms with E-state index < -0.39 is 0 Å². The monoisotopic (exact) mass is 289 g/mol. The Morgan fingerprint density at radius 3 is 2.65 bits per heavy atom. The smallest absolute Gasteiger partial charge is 0.0996 e. The lowest BCUT2D eigenvalue weighted by atomic mass is 10.2. The van der Waals surface area contributed by atoms with E-state index in [9.17, 15) is 0 Å². The number of anilines is 1. The van der Waals surface area contributed by atoms with Crippen LogP contribution in [0, 0.1) is 6.92 Å². The van der Waals surface area contributed by atoms with Gasteiger partial charge in [0.05, 0.1) is 26.1 Å². The summed E-state index contributed by atoms with van der Waals surface area (Å²) < 4.78 is 3.23. The molecule has 0 aromatic carbocycles. The molecule has 0 bridgehead atoms. The van der Waals surface area contributed by atoms with Gasteiger partial charge in [-0.15, -0.1) is 11.3 Å². The summed E-state index contributed by atoms with van der Waals surface area (Å²) in [4.78, 5) is 0. The molecule has 2 aromatic heterocycles. The Morgan fingerprint density at radius 2 is 2.18 bits per heavy atom. The quantitative estimate of drug-likeness (QED) is 0.914. The molecular formula is C11H13Cl2N3S. The van der Waals surface area contributed by atoms with Gasteiger partial charge >= 0.3 is 0 Å². The topological polar surface area (TPSA) is 29.9 Å². The molecule has 0 aliphatic heterocycles. The van der Waals surface area contributed by atoms with Gasteiger partial charge < -0.3 is 5.32 Å². The predicted molar refractivity (Wildman–Crippen MR) is 74.3 cm³/mol. The van der Waals surface area contributed by atoms with Crippen molar-refractivity contribution >= 4 is 40.2 Å². The highest BCUT2D eigenvalue weighted by molar-refractivity contribution is 7.20. The number of halogens is 2. The molecule has 0 radical (unpaired) electrons. The fraction of sp³-hybridized carbons (Fsp3) is 0.364. The molecule has 1 atom stereocenters. The zero-order valence-corrected chi connectivity index (χ0v) is 12.1. The van der Waals surface area contributed by atoms with Crippen LogP contribution in [0.15, 0.2) is 12.3 Å². The first-order valence-electron chi connectivity index (χ1n) is 5.19. The van der Waals surface area contributed by atoms with E-state index in [0.29, 0.717) is 4.34 Å². The highest BCUT2D eigenvalue weighted by Crippen LogP contribution is 2.36. The lowest BCUT2D eigenvalue weighted by Crippen LogP contribution is -2.06. The van der Waals surface area contributed by atoms with E-state index in [0.717, 1.165) is 21.3 Å². The van der Waals surface area contributed by atoms with E-state index in [1.807, 2.05) is 26.2 Å². The number of thiophene rings is 1. The second-order valence-corrected chi connectivity index (χ2v) is 6.23. The van der Waals surface area contributed by atoms with Crippen molar-refractivity contribution in [3.05, 3.63) is 32.2 Å². The number of rotatable bonds is 3. The summed E-state index contributed by atoms with van der Waals surface area (Å²) >= 11 is 13.4. The zero-order valence-electron chi connectivity index (χ0n) is 9.79. The molecule has 3 nitrogen and oxygen atoms in total. The van der Waals surface area contributed by atoms with Gasteiger partial charge in [0, 0.05) is 18.8 Å². The largest absolute Gasteiger partial charge is 0.376 e. The SMILES string of the molecule is Cc1nn(C)cc1NC(C)c1cc(Cl)sc1Cl. The van der Waals surface area contributed by atoms with Gasteiger partial charge in [-0.3, -0.25) is 4.68 Å². The Morgan fingerprint density at radius 1 is 1.47 bits per heavy atom. The van der Waals surface area contributed by atoms with E-state index in [4.69, 9.17) is 23.2 Å². The number of hydrogen-bond acceptors (Lipinski definition) is 3. The molecule has 0 saturated carbocycles. The minimum Gasteiger partial charge on any atom is -0.376 e. The van der Waals surface area contributed by atoms with Crippen LogP contribution in [-0.2, 0) is 7.05 Å². The summed E-state index contributed by atoms with van der Waals surface area (Å²) in [6.45, 7) is 4.02. The molecule has 0 fully saturated rings. The fourth-order valence-corrected chi connectivity index (χ4v) is 3.35. The molecule has 1 N–H and O–H groups in total. The van der Waals surface area contributed by atoms with E-state index in [1.165, 1.54) is 11.3 Å². The van der Waals surface area contributed by atoms with E-state index in [2.05, 4.69) is 17.3 Å². The van der Waals surface area contributed by atoms with Crippen molar-refractivity contribution in [3.8, 4) is 0 Å². The summed E-state index contributed by atoms with van der Waals surface area (Å²) in [6, 6.07) is 2.01. The second-order valence-electron chi connectivity index (χ2n) is 3.95. The third kappa shape index (κ3) is 2.76. The summed E-state index contributed by atoms with van der Waals surface area (Å²) in [6.07, 6.45) is 1.95. The second kappa shape index (κ2) is 4.88. The molecular weight excluding hydrogens is 277 g/mol. The highest BCUT2D eigenvalue weighted by atomic mass is 35.5. The van der Waals surface area contributed by atoms with Crippen molar-refractivity contribution in [1.29, 1.82) is 0 Å². The minimum atomic E-state index is 0.106. The van der Waals surface area contributed by atoms with Crippen LogP contribution in [0.25, 0.3) is 0 Å². The summed E-state index contributed by atoms with van der Waals surface area (Å²) in [7, 11) is 1.90. The number of aromatic nitrogens is 2. The molecule has 1 unspecified atom stereocenters. The lowest BCUT2D eigenvalue weighted by Gasteiger charge is -2.13. The molecule has 0 aliphatic rings.